The van der Waals surface area contributed by atoms with Gasteiger partial charge in [0.2, 0.25) is 5.91 Å². The molecule has 1 fully saturated rings. The number of piperidine rings is 1. The summed E-state index contributed by atoms with van der Waals surface area (Å²) >= 11 is 0. The highest BCUT2D eigenvalue weighted by Gasteiger charge is 2.35. The monoisotopic (exact) mass is 319 g/mol. The maximum atomic E-state index is 12.6. The molecular formula is C13H16F3N3O3. The Bertz CT molecular complexity index is 583. The lowest BCUT2D eigenvalue weighted by Crippen LogP contribution is -2.43. The number of aliphatic carboxylic acids is 1. The highest BCUT2D eigenvalue weighted by atomic mass is 19.4. The van der Waals surface area contributed by atoms with Gasteiger partial charge in [-0.15, -0.1) is 0 Å². The Hall–Kier alpha value is -2.06. The molecule has 2 rings (SSSR count). The summed E-state index contributed by atoms with van der Waals surface area (Å²) in [6.07, 6.45) is -3.71. The predicted octanol–water partition coefficient (Wildman–Crippen LogP) is 1.30. The number of hydrogen-bond acceptors (Lipinski definition) is 3. The third kappa shape index (κ3) is 3.58. The van der Waals surface area contributed by atoms with Crippen LogP contribution in [-0.4, -0.2) is 44.8 Å². The smallest absolute Gasteiger partial charge is 0.435 e. The molecule has 2 heterocycles. The summed E-state index contributed by atoms with van der Waals surface area (Å²) in [5.74, 6) is -1.96. The van der Waals surface area contributed by atoms with Gasteiger partial charge in [-0.2, -0.15) is 18.3 Å². The van der Waals surface area contributed by atoms with Crippen LogP contribution in [0.5, 0.6) is 0 Å². The first-order valence-electron chi connectivity index (χ1n) is 6.79. The number of nitrogens with zero attached hydrogens (tertiary/aromatic N) is 3. The van der Waals surface area contributed by atoms with E-state index < -0.39 is 23.8 Å². The van der Waals surface area contributed by atoms with Gasteiger partial charge in [0.15, 0.2) is 5.69 Å². The molecule has 0 aliphatic carbocycles. The molecule has 1 amide bonds. The molecule has 1 N–H and O–H groups in total. The first kappa shape index (κ1) is 16.3. The molecule has 1 aliphatic rings. The number of amides is 1. The maximum Gasteiger partial charge on any atom is 0.435 e. The zero-order valence-corrected chi connectivity index (χ0v) is 11.9. The number of carbonyl (C=O) groups excluding carboxylic acids is 1. The molecule has 9 heteroatoms. The van der Waals surface area contributed by atoms with Crippen LogP contribution in [0.25, 0.3) is 0 Å². The predicted molar refractivity (Wildman–Crippen MR) is 68.9 cm³/mol. The summed E-state index contributed by atoms with van der Waals surface area (Å²) < 4.78 is 38.8. The van der Waals surface area contributed by atoms with Crippen molar-refractivity contribution in [2.24, 2.45) is 13.0 Å². The molecule has 1 aromatic heterocycles. The van der Waals surface area contributed by atoms with Gasteiger partial charge in [-0.3, -0.25) is 14.3 Å². The van der Waals surface area contributed by atoms with E-state index in [-0.39, 0.29) is 24.6 Å². The SMILES string of the molecule is Cn1nc(C(F)(F)F)cc1CC(=O)N1CCC[C@H](C(=O)O)C1. The fraction of sp³-hybridized carbons (Fsp3) is 0.615. The second-order valence-corrected chi connectivity index (χ2v) is 5.34. The summed E-state index contributed by atoms with van der Waals surface area (Å²) in [6.45, 7) is 0.519. The summed E-state index contributed by atoms with van der Waals surface area (Å²) in [5.41, 5.74) is -0.894. The van der Waals surface area contributed by atoms with E-state index in [1.165, 1.54) is 11.9 Å². The van der Waals surface area contributed by atoms with Gasteiger partial charge in [-0.25, -0.2) is 0 Å². The minimum Gasteiger partial charge on any atom is -0.481 e. The van der Waals surface area contributed by atoms with E-state index in [0.29, 0.717) is 19.4 Å². The Labute approximate surface area is 124 Å². The van der Waals surface area contributed by atoms with E-state index in [1.807, 2.05) is 0 Å². The summed E-state index contributed by atoms with van der Waals surface area (Å²) in [4.78, 5) is 24.5. The highest BCUT2D eigenvalue weighted by Crippen LogP contribution is 2.28. The van der Waals surface area contributed by atoms with Crippen molar-refractivity contribution in [3.05, 3.63) is 17.5 Å². The minimum absolute atomic E-state index is 0.0954. The maximum absolute atomic E-state index is 12.6. The number of halogens is 3. The van der Waals surface area contributed by atoms with Crippen LogP contribution >= 0.6 is 0 Å². The standard InChI is InChI=1S/C13H16F3N3O3/c1-18-9(5-10(17-18)13(14,15)16)6-11(20)19-4-2-3-8(7-19)12(21)22/h5,8H,2-4,6-7H2,1H3,(H,21,22)/t8-/m0/s1. The molecule has 1 atom stereocenters. The van der Waals surface area contributed by atoms with Crippen LogP contribution in [0.2, 0.25) is 0 Å². The summed E-state index contributed by atoms with van der Waals surface area (Å²) in [5, 5.41) is 12.3. The van der Waals surface area contributed by atoms with Gasteiger partial charge in [-0.05, 0) is 18.9 Å². The van der Waals surface area contributed by atoms with Crippen LogP contribution in [0.3, 0.4) is 0 Å². The van der Waals surface area contributed by atoms with Gasteiger partial charge in [0, 0.05) is 25.8 Å². The molecular weight excluding hydrogens is 303 g/mol. The van der Waals surface area contributed by atoms with Crippen LogP contribution in [-0.2, 0) is 29.2 Å². The van der Waals surface area contributed by atoms with E-state index in [2.05, 4.69) is 5.10 Å². The number of likely N-dealkylation sites (tertiary alicyclic amines) is 1. The van der Waals surface area contributed by atoms with Gasteiger partial charge >= 0.3 is 12.1 Å². The Morgan fingerprint density at radius 2 is 2.14 bits per heavy atom. The number of hydrogen-bond donors (Lipinski definition) is 1. The van der Waals surface area contributed by atoms with Gasteiger partial charge in [0.1, 0.15) is 0 Å². The average Bonchev–Trinajstić information content (AvgIpc) is 2.80. The average molecular weight is 319 g/mol. The fourth-order valence-electron chi connectivity index (χ4n) is 2.48. The second-order valence-electron chi connectivity index (χ2n) is 5.34. The number of carboxylic acids is 1. The Morgan fingerprint density at radius 1 is 1.45 bits per heavy atom. The van der Waals surface area contributed by atoms with Gasteiger partial charge < -0.3 is 10.0 Å². The third-order valence-corrected chi connectivity index (χ3v) is 3.72. The molecule has 1 saturated heterocycles. The first-order valence-corrected chi connectivity index (χ1v) is 6.79. The van der Waals surface area contributed by atoms with Crippen LogP contribution in [0, 0.1) is 5.92 Å². The van der Waals surface area contributed by atoms with E-state index in [9.17, 15) is 22.8 Å². The number of aryl methyl sites for hydroxylation is 1. The van der Waals surface area contributed by atoms with Crippen molar-refractivity contribution in [1.29, 1.82) is 0 Å². The molecule has 0 aromatic carbocycles. The van der Waals surface area contributed by atoms with Crippen molar-refractivity contribution in [3.63, 3.8) is 0 Å². The summed E-state index contributed by atoms with van der Waals surface area (Å²) in [6, 6.07) is 0.844. The van der Waals surface area contributed by atoms with Gasteiger partial charge in [-0.1, -0.05) is 0 Å². The van der Waals surface area contributed by atoms with Crippen molar-refractivity contribution >= 4 is 11.9 Å². The Morgan fingerprint density at radius 3 is 2.68 bits per heavy atom. The third-order valence-electron chi connectivity index (χ3n) is 3.72. The number of alkyl halides is 3. The van der Waals surface area contributed by atoms with Crippen molar-refractivity contribution in [1.82, 2.24) is 14.7 Å². The van der Waals surface area contributed by atoms with Crippen LogP contribution in [0.15, 0.2) is 6.07 Å². The van der Waals surface area contributed by atoms with Crippen LogP contribution < -0.4 is 0 Å². The molecule has 1 aliphatic heterocycles. The van der Waals surface area contributed by atoms with E-state index in [1.54, 1.807) is 0 Å². The minimum atomic E-state index is -4.56. The number of aromatic nitrogens is 2. The molecule has 0 spiro atoms. The van der Waals surface area contributed by atoms with E-state index in [0.717, 1.165) is 10.7 Å². The molecule has 1 aromatic rings. The Kier molecular flexibility index (Phi) is 4.43. The number of carbonyl (C=O) groups is 2. The van der Waals surface area contributed by atoms with Gasteiger partial charge in [0.05, 0.1) is 12.3 Å². The van der Waals surface area contributed by atoms with Crippen molar-refractivity contribution < 1.29 is 27.9 Å². The quantitative estimate of drug-likeness (QED) is 0.911. The molecule has 0 bridgehead atoms. The zero-order chi connectivity index (χ0) is 16.5. The zero-order valence-electron chi connectivity index (χ0n) is 11.9. The molecule has 22 heavy (non-hydrogen) atoms. The molecule has 6 nitrogen and oxygen atoms in total. The Balaban J connectivity index is 2.06. The van der Waals surface area contributed by atoms with Crippen molar-refractivity contribution in [2.45, 2.75) is 25.4 Å². The van der Waals surface area contributed by atoms with Crippen molar-refractivity contribution in [3.8, 4) is 0 Å². The van der Waals surface area contributed by atoms with E-state index >= 15 is 0 Å². The lowest BCUT2D eigenvalue weighted by atomic mass is 9.98. The molecule has 122 valence electrons. The van der Waals surface area contributed by atoms with E-state index in [4.69, 9.17) is 5.11 Å². The lowest BCUT2D eigenvalue weighted by molar-refractivity contribution is -0.145. The number of rotatable bonds is 3. The molecule has 0 radical (unpaired) electrons. The molecule has 0 unspecified atom stereocenters. The summed E-state index contributed by atoms with van der Waals surface area (Å²) in [7, 11) is 1.34. The molecule has 0 saturated carbocycles. The highest BCUT2D eigenvalue weighted by molar-refractivity contribution is 5.79. The van der Waals surface area contributed by atoms with Gasteiger partial charge in [0.25, 0.3) is 0 Å². The van der Waals surface area contributed by atoms with Crippen molar-refractivity contribution in [2.75, 3.05) is 13.1 Å². The van der Waals surface area contributed by atoms with Crippen LogP contribution in [0.1, 0.15) is 24.2 Å². The topological polar surface area (TPSA) is 75.4 Å². The first-order chi connectivity index (χ1) is 10.2. The fourth-order valence-corrected chi connectivity index (χ4v) is 2.48. The van der Waals surface area contributed by atoms with Crippen LogP contribution in [0.4, 0.5) is 13.2 Å². The normalized spacial score (nSPS) is 19.3. The largest absolute Gasteiger partial charge is 0.481 e. The lowest BCUT2D eigenvalue weighted by Gasteiger charge is -2.30. The second kappa shape index (κ2) is 5.98. The number of carboxylic acid groups (broad SMARTS) is 1.